The van der Waals surface area contributed by atoms with Crippen molar-refractivity contribution in [2.75, 3.05) is 7.11 Å². The fourth-order valence-corrected chi connectivity index (χ4v) is 1.76. The summed E-state index contributed by atoms with van der Waals surface area (Å²) >= 11 is 0. The Balaban J connectivity index is 2.37. The number of nitro benzene ring substituents is 1. The fraction of sp³-hybridized carbons (Fsp3) is 0.133. The Morgan fingerprint density at radius 2 is 1.90 bits per heavy atom. The molecule has 0 N–H and O–H groups in total. The number of benzene rings is 2. The number of hydrogen-bond acceptors (Lipinski definition) is 5. The summed E-state index contributed by atoms with van der Waals surface area (Å²) in [6.45, 7) is 1.45. The Morgan fingerprint density at radius 3 is 2.52 bits per heavy atom. The number of Topliss-reactive ketones (excluding diaryl/α,β-unsaturated/α-hetero) is 1. The van der Waals surface area contributed by atoms with Crippen molar-refractivity contribution in [2.24, 2.45) is 0 Å². The predicted molar refractivity (Wildman–Crippen MR) is 76.2 cm³/mol. The molecule has 0 spiro atoms. The Hall–Kier alpha value is -2.89. The number of rotatable bonds is 5. The van der Waals surface area contributed by atoms with E-state index in [1.165, 1.54) is 32.2 Å². The predicted octanol–water partition coefficient (Wildman–Crippen LogP) is 3.60. The Bertz CT molecular complexity index is 696. The number of ketones is 1. The number of carbonyl (C=O) groups is 1. The summed E-state index contributed by atoms with van der Waals surface area (Å²) in [7, 11) is 1.44. The van der Waals surface area contributed by atoms with Gasteiger partial charge in [-0.25, -0.2) is 0 Å². The van der Waals surface area contributed by atoms with Gasteiger partial charge in [-0.1, -0.05) is 12.1 Å². The molecule has 0 radical (unpaired) electrons. The molecule has 0 saturated carbocycles. The smallest absolute Gasteiger partial charge is 0.273 e. The standard InChI is InChI=1S/C15H13NO5/c1-10(17)11-4-3-5-13(8-11)21-15-9-12(16(18)19)6-7-14(15)20-2/h3-9H,1-2H3. The van der Waals surface area contributed by atoms with Crippen molar-refractivity contribution in [3.05, 3.63) is 58.1 Å². The van der Waals surface area contributed by atoms with E-state index in [4.69, 9.17) is 9.47 Å². The molecule has 0 aliphatic carbocycles. The van der Waals surface area contributed by atoms with E-state index in [0.29, 0.717) is 17.1 Å². The number of nitro groups is 1. The van der Waals surface area contributed by atoms with Crippen LogP contribution in [0.3, 0.4) is 0 Å². The molecule has 21 heavy (non-hydrogen) atoms. The molecular weight excluding hydrogens is 274 g/mol. The normalized spacial score (nSPS) is 10.0. The molecule has 0 amide bonds. The van der Waals surface area contributed by atoms with Crippen LogP contribution in [-0.2, 0) is 0 Å². The van der Waals surface area contributed by atoms with E-state index in [0.717, 1.165) is 0 Å². The van der Waals surface area contributed by atoms with Crippen molar-refractivity contribution in [2.45, 2.75) is 6.92 Å². The van der Waals surface area contributed by atoms with Crippen molar-refractivity contribution >= 4 is 11.5 Å². The van der Waals surface area contributed by atoms with Crippen molar-refractivity contribution < 1.29 is 19.2 Å². The van der Waals surface area contributed by atoms with E-state index in [1.54, 1.807) is 24.3 Å². The van der Waals surface area contributed by atoms with Crippen molar-refractivity contribution in [1.29, 1.82) is 0 Å². The SMILES string of the molecule is COc1ccc([N+](=O)[O-])cc1Oc1cccc(C(C)=O)c1. The van der Waals surface area contributed by atoms with E-state index in [-0.39, 0.29) is 17.2 Å². The number of nitrogens with zero attached hydrogens (tertiary/aromatic N) is 1. The van der Waals surface area contributed by atoms with E-state index in [1.807, 2.05) is 0 Å². The van der Waals surface area contributed by atoms with Gasteiger partial charge in [0, 0.05) is 11.6 Å². The van der Waals surface area contributed by atoms with Crippen LogP contribution in [0, 0.1) is 10.1 Å². The van der Waals surface area contributed by atoms with Crippen LogP contribution in [-0.4, -0.2) is 17.8 Å². The summed E-state index contributed by atoms with van der Waals surface area (Å²) in [4.78, 5) is 21.6. The minimum absolute atomic E-state index is 0.0912. The molecule has 0 aromatic heterocycles. The van der Waals surface area contributed by atoms with Gasteiger partial charge >= 0.3 is 0 Å². The lowest BCUT2D eigenvalue weighted by Crippen LogP contribution is -1.95. The summed E-state index contributed by atoms with van der Waals surface area (Å²) in [5, 5.41) is 10.8. The summed E-state index contributed by atoms with van der Waals surface area (Å²) < 4.78 is 10.7. The number of methoxy groups -OCH3 is 1. The van der Waals surface area contributed by atoms with Crippen LogP contribution in [0.4, 0.5) is 5.69 Å². The molecule has 0 aliphatic rings. The molecule has 0 heterocycles. The topological polar surface area (TPSA) is 78.7 Å². The minimum atomic E-state index is -0.516. The minimum Gasteiger partial charge on any atom is -0.493 e. The zero-order valence-corrected chi connectivity index (χ0v) is 11.5. The van der Waals surface area contributed by atoms with Gasteiger partial charge in [0.2, 0.25) is 0 Å². The lowest BCUT2D eigenvalue weighted by molar-refractivity contribution is -0.384. The third-order valence-electron chi connectivity index (χ3n) is 2.83. The van der Waals surface area contributed by atoms with Crippen LogP contribution in [0.15, 0.2) is 42.5 Å². The molecule has 0 aliphatic heterocycles. The van der Waals surface area contributed by atoms with Crippen LogP contribution < -0.4 is 9.47 Å². The first-order chi connectivity index (χ1) is 10.0. The summed E-state index contributed by atoms with van der Waals surface area (Å²) in [6.07, 6.45) is 0. The molecule has 0 unspecified atom stereocenters. The number of ether oxygens (including phenoxy) is 2. The Morgan fingerprint density at radius 1 is 1.14 bits per heavy atom. The van der Waals surface area contributed by atoms with Gasteiger partial charge in [-0.15, -0.1) is 0 Å². The molecule has 0 fully saturated rings. The largest absolute Gasteiger partial charge is 0.493 e. The van der Waals surface area contributed by atoms with E-state index in [2.05, 4.69) is 0 Å². The first-order valence-corrected chi connectivity index (χ1v) is 6.12. The van der Waals surface area contributed by atoms with Crippen LogP contribution in [0.5, 0.6) is 17.2 Å². The highest BCUT2D eigenvalue weighted by Crippen LogP contribution is 2.34. The first-order valence-electron chi connectivity index (χ1n) is 6.12. The van der Waals surface area contributed by atoms with Gasteiger partial charge in [0.1, 0.15) is 5.75 Å². The molecular formula is C15H13NO5. The van der Waals surface area contributed by atoms with Crippen LogP contribution in [0.25, 0.3) is 0 Å². The van der Waals surface area contributed by atoms with Gasteiger partial charge < -0.3 is 9.47 Å². The maximum Gasteiger partial charge on any atom is 0.273 e. The molecule has 108 valence electrons. The van der Waals surface area contributed by atoms with Gasteiger partial charge in [-0.2, -0.15) is 0 Å². The second kappa shape index (κ2) is 6.04. The monoisotopic (exact) mass is 287 g/mol. The van der Waals surface area contributed by atoms with Gasteiger partial charge in [-0.05, 0) is 25.1 Å². The zero-order valence-electron chi connectivity index (χ0n) is 11.5. The zero-order chi connectivity index (χ0) is 15.4. The van der Waals surface area contributed by atoms with E-state index >= 15 is 0 Å². The van der Waals surface area contributed by atoms with E-state index < -0.39 is 4.92 Å². The van der Waals surface area contributed by atoms with Gasteiger partial charge in [-0.3, -0.25) is 14.9 Å². The third kappa shape index (κ3) is 3.36. The average Bonchev–Trinajstić information content (AvgIpc) is 2.47. The van der Waals surface area contributed by atoms with Gasteiger partial charge in [0.15, 0.2) is 17.3 Å². The highest BCUT2D eigenvalue weighted by Gasteiger charge is 2.13. The molecule has 6 nitrogen and oxygen atoms in total. The lowest BCUT2D eigenvalue weighted by atomic mass is 10.1. The first kappa shape index (κ1) is 14.5. The average molecular weight is 287 g/mol. The maximum absolute atomic E-state index is 11.3. The van der Waals surface area contributed by atoms with Gasteiger partial charge in [0.25, 0.3) is 5.69 Å². The van der Waals surface area contributed by atoms with Gasteiger partial charge in [0.05, 0.1) is 18.1 Å². The summed E-state index contributed by atoms with van der Waals surface area (Å²) in [6, 6.07) is 10.6. The highest BCUT2D eigenvalue weighted by molar-refractivity contribution is 5.94. The fourth-order valence-electron chi connectivity index (χ4n) is 1.76. The summed E-state index contributed by atoms with van der Waals surface area (Å²) in [5.41, 5.74) is 0.394. The molecule has 2 rings (SSSR count). The van der Waals surface area contributed by atoms with Crippen molar-refractivity contribution in [3.63, 3.8) is 0 Å². The van der Waals surface area contributed by atoms with E-state index in [9.17, 15) is 14.9 Å². The second-order valence-electron chi connectivity index (χ2n) is 4.28. The van der Waals surface area contributed by atoms with Crippen LogP contribution in [0.1, 0.15) is 17.3 Å². The summed E-state index contributed by atoms with van der Waals surface area (Å²) in [5.74, 6) is 0.897. The van der Waals surface area contributed by atoms with Crippen LogP contribution in [0.2, 0.25) is 0 Å². The molecule has 0 bridgehead atoms. The Labute approximate surface area is 121 Å². The molecule has 2 aromatic carbocycles. The quantitative estimate of drug-likeness (QED) is 0.477. The molecule has 2 aromatic rings. The highest BCUT2D eigenvalue weighted by atomic mass is 16.6. The lowest BCUT2D eigenvalue weighted by Gasteiger charge is -2.10. The molecule has 0 atom stereocenters. The Kier molecular flexibility index (Phi) is 4.18. The number of non-ortho nitro benzene ring substituents is 1. The van der Waals surface area contributed by atoms with Crippen LogP contribution >= 0.6 is 0 Å². The maximum atomic E-state index is 11.3. The second-order valence-corrected chi connectivity index (χ2v) is 4.28. The number of carbonyl (C=O) groups excluding carboxylic acids is 1. The molecule has 0 saturated heterocycles. The van der Waals surface area contributed by atoms with Crippen molar-refractivity contribution in [3.8, 4) is 17.2 Å². The molecule has 6 heteroatoms. The third-order valence-corrected chi connectivity index (χ3v) is 2.83. The number of hydrogen-bond donors (Lipinski definition) is 0. The van der Waals surface area contributed by atoms with Crippen molar-refractivity contribution in [1.82, 2.24) is 0 Å².